The molecule has 0 aliphatic heterocycles. The van der Waals surface area contributed by atoms with Crippen molar-refractivity contribution in [1.29, 1.82) is 0 Å². The van der Waals surface area contributed by atoms with Crippen molar-refractivity contribution >= 4 is 18.5 Å². The minimum Gasteiger partial charge on any atom is -0.325 e. The first-order valence-electron chi connectivity index (χ1n) is 9.06. The van der Waals surface area contributed by atoms with Gasteiger partial charge >= 0.3 is 6.72 Å². The van der Waals surface area contributed by atoms with E-state index in [1.54, 1.807) is 0 Å². The van der Waals surface area contributed by atoms with Crippen LogP contribution in [0.25, 0.3) is 0 Å². The standard InChI is InChI=1S/C18H35O3PS/c1-2-3-4-5-6-7-8-9-10-11-12-13-14-15-16-17-18-21-22(19,20)23/h6-7,9-10H,2-5,8,11-18H2,1H3,(H2,19,20,23)/b7-6-,10-9-. The van der Waals surface area contributed by atoms with E-state index in [1.165, 1.54) is 57.8 Å². The number of hydrogen-bond donors (Lipinski definition) is 2. The molecule has 0 aliphatic rings. The third-order valence-electron chi connectivity index (χ3n) is 3.60. The predicted octanol–water partition coefficient (Wildman–Crippen LogP) is 6.03. The van der Waals surface area contributed by atoms with Crippen LogP contribution >= 0.6 is 6.72 Å². The Hall–Kier alpha value is 0.01000. The van der Waals surface area contributed by atoms with Gasteiger partial charge in [0.1, 0.15) is 0 Å². The van der Waals surface area contributed by atoms with Crippen LogP contribution in [-0.4, -0.2) is 16.4 Å². The highest BCUT2D eigenvalue weighted by molar-refractivity contribution is 8.06. The second-order valence-electron chi connectivity index (χ2n) is 5.91. The molecule has 0 amide bonds. The molecule has 0 aliphatic carbocycles. The van der Waals surface area contributed by atoms with Crippen molar-refractivity contribution in [2.24, 2.45) is 0 Å². The summed E-state index contributed by atoms with van der Waals surface area (Å²) in [5, 5.41) is 0. The average molecular weight is 363 g/mol. The molecular weight excluding hydrogens is 327 g/mol. The Kier molecular flexibility index (Phi) is 16.9. The van der Waals surface area contributed by atoms with Crippen molar-refractivity contribution in [2.45, 2.75) is 84.0 Å². The molecule has 136 valence electrons. The molecule has 0 saturated heterocycles. The molecule has 0 saturated carbocycles. The molecular formula is C18H35O3PS. The minimum absolute atomic E-state index is 0.360. The maximum absolute atomic E-state index is 8.89. The molecule has 0 radical (unpaired) electrons. The van der Waals surface area contributed by atoms with E-state index in [4.69, 9.17) is 14.3 Å². The fourth-order valence-electron chi connectivity index (χ4n) is 2.27. The number of allylic oxidation sites excluding steroid dienone is 4. The van der Waals surface area contributed by atoms with Gasteiger partial charge in [-0.2, -0.15) is 0 Å². The van der Waals surface area contributed by atoms with E-state index in [1.807, 2.05) is 0 Å². The van der Waals surface area contributed by atoms with Crippen LogP contribution in [0.4, 0.5) is 0 Å². The molecule has 0 atom stereocenters. The van der Waals surface area contributed by atoms with Gasteiger partial charge in [-0.3, -0.25) is 0 Å². The number of hydrogen-bond acceptors (Lipinski definition) is 2. The number of unbranched alkanes of at least 4 members (excludes halogenated alkanes) is 9. The zero-order valence-electron chi connectivity index (χ0n) is 14.7. The van der Waals surface area contributed by atoms with Gasteiger partial charge in [-0.15, -0.1) is 0 Å². The molecule has 0 aromatic heterocycles. The van der Waals surface area contributed by atoms with Gasteiger partial charge in [-0.1, -0.05) is 69.8 Å². The lowest BCUT2D eigenvalue weighted by Gasteiger charge is -2.07. The van der Waals surface area contributed by atoms with Gasteiger partial charge < -0.3 is 14.3 Å². The highest BCUT2D eigenvalue weighted by Crippen LogP contribution is 2.36. The quantitative estimate of drug-likeness (QED) is 0.200. The molecule has 0 rings (SSSR count). The average Bonchev–Trinajstić information content (AvgIpc) is 2.49. The summed E-state index contributed by atoms with van der Waals surface area (Å²) in [4.78, 5) is 17.8. The SMILES string of the molecule is CCCCC/C=C\C/C=C\CCCCCCCCOP(O)(O)=S. The van der Waals surface area contributed by atoms with Crippen LogP contribution in [0.1, 0.15) is 84.0 Å². The van der Waals surface area contributed by atoms with Crippen molar-refractivity contribution in [3.05, 3.63) is 24.3 Å². The first kappa shape index (κ1) is 23.0. The van der Waals surface area contributed by atoms with Gasteiger partial charge in [0.25, 0.3) is 0 Å². The monoisotopic (exact) mass is 362 g/mol. The van der Waals surface area contributed by atoms with Crippen LogP contribution in [0.5, 0.6) is 0 Å². The van der Waals surface area contributed by atoms with Crippen molar-refractivity contribution < 1.29 is 14.3 Å². The molecule has 0 heterocycles. The molecule has 0 bridgehead atoms. The topological polar surface area (TPSA) is 49.7 Å². The van der Waals surface area contributed by atoms with Gasteiger partial charge in [0.05, 0.1) is 6.61 Å². The second kappa shape index (κ2) is 16.9. The summed E-state index contributed by atoms with van der Waals surface area (Å²) >= 11 is 4.38. The summed E-state index contributed by atoms with van der Waals surface area (Å²) in [6.07, 6.45) is 23.4. The van der Waals surface area contributed by atoms with Gasteiger partial charge in [0.2, 0.25) is 0 Å². The first-order valence-corrected chi connectivity index (χ1v) is 11.7. The van der Waals surface area contributed by atoms with E-state index in [0.29, 0.717) is 6.61 Å². The predicted molar refractivity (Wildman–Crippen MR) is 104 cm³/mol. The van der Waals surface area contributed by atoms with Gasteiger partial charge in [-0.05, 0) is 50.3 Å². The van der Waals surface area contributed by atoms with Crippen molar-refractivity contribution in [3.63, 3.8) is 0 Å². The summed E-state index contributed by atoms with van der Waals surface area (Å²) in [7, 11) is 0. The first-order chi connectivity index (χ1) is 11.1. The lowest BCUT2D eigenvalue weighted by Crippen LogP contribution is -1.91. The molecule has 0 fully saturated rings. The molecule has 2 N–H and O–H groups in total. The summed E-state index contributed by atoms with van der Waals surface area (Å²) in [5.74, 6) is 0. The summed E-state index contributed by atoms with van der Waals surface area (Å²) in [6.45, 7) is -0.837. The molecule has 23 heavy (non-hydrogen) atoms. The van der Waals surface area contributed by atoms with E-state index < -0.39 is 6.72 Å². The largest absolute Gasteiger partial charge is 0.325 e. The number of rotatable bonds is 16. The minimum atomic E-state index is -3.43. The van der Waals surface area contributed by atoms with Crippen molar-refractivity contribution in [2.75, 3.05) is 6.61 Å². The van der Waals surface area contributed by atoms with E-state index in [-0.39, 0.29) is 0 Å². The van der Waals surface area contributed by atoms with Crippen LogP contribution in [0.15, 0.2) is 24.3 Å². The zero-order chi connectivity index (χ0) is 17.2. The maximum Gasteiger partial charge on any atom is 0.321 e. The van der Waals surface area contributed by atoms with Gasteiger partial charge in [-0.25, -0.2) is 0 Å². The summed E-state index contributed by atoms with van der Waals surface area (Å²) < 4.78 is 4.77. The van der Waals surface area contributed by atoms with Crippen molar-refractivity contribution in [3.8, 4) is 0 Å². The Morgan fingerprint density at radius 1 is 0.783 bits per heavy atom. The maximum atomic E-state index is 8.89. The Bertz CT molecular complexity index is 350. The van der Waals surface area contributed by atoms with Crippen LogP contribution < -0.4 is 0 Å². The van der Waals surface area contributed by atoms with Crippen LogP contribution in [0.3, 0.4) is 0 Å². The Balaban J connectivity index is 3.20. The third kappa shape index (κ3) is 22.0. The summed E-state index contributed by atoms with van der Waals surface area (Å²) in [5.41, 5.74) is 0. The molecule has 5 heteroatoms. The molecule has 3 nitrogen and oxygen atoms in total. The smallest absolute Gasteiger partial charge is 0.321 e. The third-order valence-corrected chi connectivity index (χ3v) is 4.44. The van der Waals surface area contributed by atoms with E-state index in [2.05, 4.69) is 43.0 Å². The normalized spacial score (nSPS) is 12.7. The fraction of sp³-hybridized carbons (Fsp3) is 0.778. The second-order valence-corrected chi connectivity index (χ2v) is 8.57. The molecule has 0 aromatic rings. The fourth-order valence-corrected chi connectivity index (χ4v) is 2.86. The Morgan fingerprint density at radius 3 is 1.87 bits per heavy atom. The Labute approximate surface area is 148 Å². The van der Waals surface area contributed by atoms with E-state index in [0.717, 1.165) is 19.3 Å². The van der Waals surface area contributed by atoms with Crippen molar-refractivity contribution in [1.82, 2.24) is 0 Å². The lowest BCUT2D eigenvalue weighted by atomic mass is 10.1. The highest BCUT2D eigenvalue weighted by Gasteiger charge is 2.05. The molecule has 0 spiro atoms. The van der Waals surface area contributed by atoms with E-state index in [9.17, 15) is 0 Å². The lowest BCUT2D eigenvalue weighted by molar-refractivity contribution is 0.245. The highest BCUT2D eigenvalue weighted by atomic mass is 32.5. The van der Waals surface area contributed by atoms with Crippen LogP contribution in [0.2, 0.25) is 0 Å². The zero-order valence-corrected chi connectivity index (χ0v) is 16.4. The van der Waals surface area contributed by atoms with Gasteiger partial charge in [0, 0.05) is 0 Å². The van der Waals surface area contributed by atoms with E-state index >= 15 is 0 Å². The Morgan fingerprint density at radius 2 is 1.30 bits per heavy atom. The van der Waals surface area contributed by atoms with Gasteiger partial charge in [0.15, 0.2) is 0 Å². The summed E-state index contributed by atoms with van der Waals surface area (Å²) in [6, 6.07) is 0. The van der Waals surface area contributed by atoms with Crippen LogP contribution in [0, 0.1) is 0 Å². The molecule has 0 aromatic carbocycles. The van der Waals surface area contributed by atoms with Crippen LogP contribution in [-0.2, 0) is 16.3 Å². The molecule has 0 unspecified atom stereocenters.